The highest BCUT2D eigenvalue weighted by molar-refractivity contribution is 7.94. The van der Waals surface area contributed by atoms with Gasteiger partial charge in [0.2, 0.25) is 9.47 Å². The van der Waals surface area contributed by atoms with Crippen LogP contribution < -0.4 is 10.1 Å². The van der Waals surface area contributed by atoms with E-state index >= 15 is 0 Å². The van der Waals surface area contributed by atoms with Gasteiger partial charge in [0.15, 0.2) is 0 Å². The van der Waals surface area contributed by atoms with Crippen LogP contribution in [0, 0.1) is 0 Å². The molecule has 0 atom stereocenters. The zero-order valence-corrected chi connectivity index (χ0v) is 13.8. The number of anilines is 1. The number of esters is 1. The average Bonchev–Trinajstić information content (AvgIpc) is 2.95. The standard InChI is InChI=1S/C12H8F3N3O5S2/c1-6(19)23-8-5-3-2-4-7(8)9(20)16-10-17-18-11(24-10)25(21,22)12(13,14)15/h2-5H,1H3,(H,16,17,20). The summed E-state index contributed by atoms with van der Waals surface area (Å²) in [6, 6.07) is 5.58. The molecule has 1 aromatic carbocycles. The van der Waals surface area contributed by atoms with Crippen LogP contribution in [0.4, 0.5) is 18.3 Å². The summed E-state index contributed by atoms with van der Waals surface area (Å²) in [4.78, 5) is 23.1. The van der Waals surface area contributed by atoms with E-state index in [9.17, 15) is 31.2 Å². The predicted octanol–water partition coefficient (Wildman–Crippen LogP) is 2.01. The Morgan fingerprint density at radius 3 is 2.44 bits per heavy atom. The molecule has 0 fully saturated rings. The molecule has 2 aromatic rings. The van der Waals surface area contributed by atoms with Gasteiger partial charge in [-0.25, -0.2) is 8.42 Å². The van der Waals surface area contributed by atoms with Crippen molar-refractivity contribution in [1.29, 1.82) is 0 Å². The Labute approximate surface area is 142 Å². The van der Waals surface area contributed by atoms with E-state index in [1.165, 1.54) is 24.3 Å². The maximum atomic E-state index is 12.4. The fraction of sp³-hybridized carbons (Fsp3) is 0.167. The number of hydrogen-bond donors (Lipinski definition) is 1. The third-order valence-corrected chi connectivity index (χ3v) is 5.24. The van der Waals surface area contributed by atoms with Crippen molar-refractivity contribution in [3.8, 4) is 5.75 Å². The lowest BCUT2D eigenvalue weighted by molar-refractivity contribution is -0.131. The van der Waals surface area contributed by atoms with Crippen LogP contribution in [-0.4, -0.2) is 36.0 Å². The molecule has 0 aliphatic heterocycles. The topological polar surface area (TPSA) is 115 Å². The highest BCUT2D eigenvalue weighted by Gasteiger charge is 2.49. The van der Waals surface area contributed by atoms with Gasteiger partial charge in [0.25, 0.3) is 5.91 Å². The van der Waals surface area contributed by atoms with Crippen molar-refractivity contribution >= 4 is 38.2 Å². The first-order valence-electron chi connectivity index (χ1n) is 6.26. The Morgan fingerprint density at radius 2 is 1.84 bits per heavy atom. The van der Waals surface area contributed by atoms with E-state index in [0.29, 0.717) is 0 Å². The van der Waals surface area contributed by atoms with Crippen molar-refractivity contribution in [2.45, 2.75) is 16.8 Å². The smallest absolute Gasteiger partial charge is 0.426 e. The van der Waals surface area contributed by atoms with Crippen molar-refractivity contribution in [3.63, 3.8) is 0 Å². The Balaban J connectivity index is 2.25. The number of carbonyl (C=O) groups excluding carboxylic acids is 2. The summed E-state index contributed by atoms with van der Waals surface area (Å²) in [5.41, 5.74) is -5.64. The number of aromatic nitrogens is 2. The van der Waals surface area contributed by atoms with E-state index in [1.54, 1.807) is 0 Å². The van der Waals surface area contributed by atoms with E-state index in [1.807, 2.05) is 0 Å². The lowest BCUT2D eigenvalue weighted by Gasteiger charge is -2.07. The van der Waals surface area contributed by atoms with Crippen LogP contribution in [0.25, 0.3) is 0 Å². The quantitative estimate of drug-likeness (QED) is 0.478. The normalized spacial score (nSPS) is 11.8. The zero-order valence-electron chi connectivity index (χ0n) is 12.2. The second-order valence-electron chi connectivity index (χ2n) is 4.37. The Bertz CT molecular complexity index is 924. The second-order valence-corrected chi connectivity index (χ2v) is 7.46. The fourth-order valence-electron chi connectivity index (χ4n) is 1.53. The molecule has 134 valence electrons. The highest BCUT2D eigenvalue weighted by atomic mass is 32.2. The first-order valence-corrected chi connectivity index (χ1v) is 8.56. The molecule has 0 radical (unpaired) electrons. The SMILES string of the molecule is CC(=O)Oc1ccccc1C(=O)Nc1nnc(S(=O)(=O)C(F)(F)F)s1. The number of benzene rings is 1. The molecule has 2 rings (SSSR count). The maximum absolute atomic E-state index is 12.4. The summed E-state index contributed by atoms with van der Waals surface area (Å²) in [7, 11) is -5.66. The van der Waals surface area contributed by atoms with Gasteiger partial charge in [0.05, 0.1) is 5.56 Å². The van der Waals surface area contributed by atoms with Crippen LogP contribution in [0.1, 0.15) is 17.3 Å². The summed E-state index contributed by atoms with van der Waals surface area (Å²) in [6.07, 6.45) is 0. The van der Waals surface area contributed by atoms with Crippen LogP contribution in [-0.2, 0) is 14.6 Å². The molecule has 0 saturated heterocycles. The van der Waals surface area contributed by atoms with E-state index < -0.39 is 36.7 Å². The number of para-hydroxylation sites is 1. The minimum atomic E-state index is -5.66. The summed E-state index contributed by atoms with van der Waals surface area (Å²) >= 11 is 0.0396. The van der Waals surface area contributed by atoms with Crippen LogP contribution >= 0.6 is 11.3 Å². The third kappa shape index (κ3) is 4.11. The number of halogens is 3. The fourth-order valence-corrected chi connectivity index (χ4v) is 3.31. The molecule has 1 aromatic heterocycles. The van der Waals surface area contributed by atoms with Gasteiger partial charge < -0.3 is 4.74 Å². The summed E-state index contributed by atoms with van der Waals surface area (Å²) in [6.45, 7) is 1.12. The summed E-state index contributed by atoms with van der Waals surface area (Å²) in [5.74, 6) is -1.64. The lowest BCUT2D eigenvalue weighted by Crippen LogP contribution is -2.23. The largest absolute Gasteiger partial charge is 0.504 e. The number of alkyl halides is 3. The number of nitrogens with zero attached hydrogens (tertiary/aromatic N) is 2. The van der Waals surface area contributed by atoms with Gasteiger partial charge >= 0.3 is 21.3 Å². The van der Waals surface area contributed by atoms with Crippen LogP contribution in [0.2, 0.25) is 0 Å². The van der Waals surface area contributed by atoms with E-state index in [4.69, 9.17) is 4.74 Å². The van der Waals surface area contributed by atoms with Crippen LogP contribution in [0.3, 0.4) is 0 Å². The zero-order chi connectivity index (χ0) is 18.8. The van der Waals surface area contributed by atoms with Gasteiger partial charge in [0.1, 0.15) is 5.75 Å². The van der Waals surface area contributed by atoms with Crippen LogP contribution in [0.15, 0.2) is 28.6 Å². The first-order chi connectivity index (χ1) is 11.5. The number of sulfone groups is 1. The summed E-state index contributed by atoms with van der Waals surface area (Å²) in [5, 5.41) is 7.77. The summed E-state index contributed by atoms with van der Waals surface area (Å²) < 4.78 is 63.3. The molecule has 1 heterocycles. The van der Waals surface area contributed by atoms with Gasteiger partial charge in [-0.3, -0.25) is 14.9 Å². The number of rotatable bonds is 4. The molecule has 13 heteroatoms. The minimum absolute atomic E-state index is 0.0396. The molecule has 0 spiro atoms. The molecule has 0 aliphatic rings. The Morgan fingerprint density at radius 1 is 1.20 bits per heavy atom. The van der Waals surface area contributed by atoms with Crippen molar-refractivity contribution in [2.24, 2.45) is 0 Å². The molecule has 8 nitrogen and oxygen atoms in total. The molecule has 0 bridgehead atoms. The van der Waals surface area contributed by atoms with Crippen molar-refractivity contribution in [3.05, 3.63) is 29.8 Å². The van der Waals surface area contributed by atoms with Gasteiger partial charge in [-0.05, 0) is 12.1 Å². The number of carbonyl (C=O) groups is 2. The molecule has 0 aliphatic carbocycles. The van der Waals surface area contributed by atoms with Crippen molar-refractivity contribution in [1.82, 2.24) is 10.2 Å². The molecular formula is C12H8F3N3O5S2. The number of amides is 1. The Kier molecular flexibility index (Phi) is 5.08. The monoisotopic (exact) mass is 395 g/mol. The molecule has 0 saturated carbocycles. The molecule has 25 heavy (non-hydrogen) atoms. The lowest BCUT2D eigenvalue weighted by atomic mass is 10.2. The average molecular weight is 395 g/mol. The second kappa shape index (κ2) is 6.76. The van der Waals surface area contributed by atoms with Gasteiger partial charge in [-0.1, -0.05) is 23.5 Å². The van der Waals surface area contributed by atoms with E-state index in [2.05, 4.69) is 15.5 Å². The number of hydrogen-bond acceptors (Lipinski definition) is 8. The third-order valence-electron chi connectivity index (χ3n) is 2.55. The molecular weight excluding hydrogens is 387 g/mol. The highest BCUT2D eigenvalue weighted by Crippen LogP contribution is 2.33. The van der Waals surface area contributed by atoms with E-state index in [-0.39, 0.29) is 22.6 Å². The number of ether oxygens (including phenoxy) is 1. The first kappa shape index (κ1) is 18.8. The Hall–Kier alpha value is -2.54. The van der Waals surface area contributed by atoms with Gasteiger partial charge in [-0.2, -0.15) is 13.2 Å². The van der Waals surface area contributed by atoms with Gasteiger partial charge in [-0.15, -0.1) is 10.2 Å². The number of nitrogens with one attached hydrogen (secondary N) is 1. The maximum Gasteiger partial charge on any atom is 0.504 e. The molecule has 1 amide bonds. The molecule has 1 N–H and O–H groups in total. The molecule has 0 unspecified atom stereocenters. The minimum Gasteiger partial charge on any atom is -0.426 e. The van der Waals surface area contributed by atoms with Crippen molar-refractivity contribution < 1.29 is 35.9 Å². The van der Waals surface area contributed by atoms with E-state index in [0.717, 1.165) is 6.92 Å². The van der Waals surface area contributed by atoms with Gasteiger partial charge in [0, 0.05) is 6.92 Å². The van der Waals surface area contributed by atoms with Crippen LogP contribution in [0.5, 0.6) is 5.75 Å². The predicted molar refractivity (Wildman–Crippen MR) is 78.9 cm³/mol. The van der Waals surface area contributed by atoms with Crippen molar-refractivity contribution in [2.75, 3.05) is 5.32 Å².